The van der Waals surface area contributed by atoms with Crippen LogP contribution in [0.5, 0.6) is 0 Å². The number of benzene rings is 1. The molecule has 1 aromatic carbocycles. The van der Waals surface area contributed by atoms with Crippen molar-refractivity contribution < 1.29 is 4.79 Å². The number of aliphatic imine (C=N–C) groups is 1. The third-order valence-electron chi connectivity index (χ3n) is 3.87. The van der Waals surface area contributed by atoms with E-state index in [4.69, 9.17) is 0 Å². The Morgan fingerprint density at radius 2 is 2.20 bits per heavy atom. The van der Waals surface area contributed by atoms with Crippen molar-refractivity contribution in [3.63, 3.8) is 0 Å². The summed E-state index contributed by atoms with van der Waals surface area (Å²) in [7, 11) is 7.21. The molecule has 0 aliphatic heterocycles. The van der Waals surface area contributed by atoms with E-state index in [0.29, 0.717) is 18.7 Å². The minimum atomic E-state index is -0.0750. The molecule has 25 heavy (non-hydrogen) atoms. The quantitative estimate of drug-likeness (QED) is 0.586. The van der Waals surface area contributed by atoms with Gasteiger partial charge in [-0.1, -0.05) is 12.1 Å². The van der Waals surface area contributed by atoms with Crippen LogP contribution in [0.2, 0.25) is 0 Å². The SMILES string of the molecule is CN=C(NCCc1cccc(C(=O)NC)c1)N(C)Cc1ncnn1C. The Kier molecular flexibility index (Phi) is 6.50. The predicted molar refractivity (Wildman–Crippen MR) is 97.4 cm³/mol. The van der Waals surface area contributed by atoms with Crippen LogP contribution in [0.4, 0.5) is 0 Å². The second-order valence-corrected chi connectivity index (χ2v) is 5.66. The predicted octanol–water partition coefficient (Wildman–Crippen LogP) is 0.425. The fraction of sp³-hybridized carbons (Fsp3) is 0.412. The average Bonchev–Trinajstić information content (AvgIpc) is 3.03. The summed E-state index contributed by atoms with van der Waals surface area (Å²) in [5.74, 6) is 1.57. The second-order valence-electron chi connectivity index (χ2n) is 5.66. The van der Waals surface area contributed by atoms with E-state index in [-0.39, 0.29) is 5.91 Å². The van der Waals surface area contributed by atoms with Crippen molar-refractivity contribution in [2.45, 2.75) is 13.0 Å². The Labute approximate surface area is 148 Å². The lowest BCUT2D eigenvalue weighted by Gasteiger charge is -2.21. The van der Waals surface area contributed by atoms with Crippen molar-refractivity contribution >= 4 is 11.9 Å². The van der Waals surface area contributed by atoms with E-state index in [2.05, 4.69) is 25.7 Å². The molecular weight excluding hydrogens is 318 g/mol. The molecular formula is C17H25N7O. The fourth-order valence-electron chi connectivity index (χ4n) is 2.47. The van der Waals surface area contributed by atoms with Crippen molar-refractivity contribution in [3.8, 4) is 0 Å². The lowest BCUT2D eigenvalue weighted by Crippen LogP contribution is -2.39. The third-order valence-corrected chi connectivity index (χ3v) is 3.87. The average molecular weight is 343 g/mol. The van der Waals surface area contributed by atoms with Gasteiger partial charge in [0.05, 0.1) is 6.54 Å². The Hall–Kier alpha value is -2.90. The highest BCUT2D eigenvalue weighted by atomic mass is 16.1. The lowest BCUT2D eigenvalue weighted by atomic mass is 10.1. The van der Waals surface area contributed by atoms with Crippen molar-refractivity contribution in [2.24, 2.45) is 12.0 Å². The van der Waals surface area contributed by atoms with Gasteiger partial charge in [0.25, 0.3) is 5.91 Å². The maximum absolute atomic E-state index is 11.7. The molecule has 0 saturated carbocycles. The standard InChI is InChI=1S/C17H25N7O/c1-18-16(25)14-7-5-6-13(10-14)8-9-20-17(19-2)23(3)11-15-21-12-22-24(15)4/h5-7,10,12H,8-9,11H2,1-4H3,(H,18,25)(H,19,20). The van der Waals surface area contributed by atoms with Gasteiger partial charge < -0.3 is 15.5 Å². The summed E-state index contributed by atoms with van der Waals surface area (Å²) in [4.78, 5) is 22.2. The number of nitrogens with one attached hydrogen (secondary N) is 2. The van der Waals surface area contributed by atoms with Crippen LogP contribution >= 0.6 is 0 Å². The smallest absolute Gasteiger partial charge is 0.251 e. The molecule has 2 aromatic rings. The van der Waals surface area contributed by atoms with E-state index in [9.17, 15) is 4.79 Å². The normalized spacial score (nSPS) is 11.3. The summed E-state index contributed by atoms with van der Waals surface area (Å²) < 4.78 is 1.74. The highest BCUT2D eigenvalue weighted by Gasteiger charge is 2.10. The zero-order chi connectivity index (χ0) is 18.2. The first-order valence-corrected chi connectivity index (χ1v) is 8.10. The monoisotopic (exact) mass is 343 g/mol. The highest BCUT2D eigenvalue weighted by Crippen LogP contribution is 2.06. The Morgan fingerprint density at radius 3 is 2.84 bits per heavy atom. The van der Waals surface area contributed by atoms with Gasteiger partial charge in [-0.15, -0.1) is 0 Å². The molecule has 1 aromatic heterocycles. The third kappa shape index (κ3) is 5.03. The van der Waals surface area contributed by atoms with Crippen molar-refractivity contribution in [1.29, 1.82) is 0 Å². The number of amides is 1. The maximum Gasteiger partial charge on any atom is 0.251 e. The van der Waals surface area contributed by atoms with Crippen LogP contribution in [-0.2, 0) is 20.0 Å². The van der Waals surface area contributed by atoms with Crippen LogP contribution in [-0.4, -0.2) is 59.2 Å². The molecule has 0 fully saturated rings. The Balaban J connectivity index is 1.89. The van der Waals surface area contributed by atoms with Gasteiger partial charge in [-0.3, -0.25) is 14.5 Å². The minimum Gasteiger partial charge on any atom is -0.356 e. The van der Waals surface area contributed by atoms with E-state index < -0.39 is 0 Å². The number of aryl methyl sites for hydroxylation is 1. The number of rotatable bonds is 6. The first-order chi connectivity index (χ1) is 12.0. The number of hydrogen-bond acceptors (Lipinski definition) is 4. The second kappa shape index (κ2) is 8.81. The van der Waals surface area contributed by atoms with Gasteiger partial charge in [0.15, 0.2) is 5.96 Å². The summed E-state index contributed by atoms with van der Waals surface area (Å²) in [6, 6.07) is 7.63. The zero-order valence-corrected chi connectivity index (χ0v) is 15.2. The number of carbonyl (C=O) groups excluding carboxylic acids is 1. The summed E-state index contributed by atoms with van der Waals surface area (Å²) in [5.41, 5.74) is 1.77. The van der Waals surface area contributed by atoms with Gasteiger partial charge in [0.2, 0.25) is 0 Å². The lowest BCUT2D eigenvalue weighted by molar-refractivity contribution is 0.0963. The van der Waals surface area contributed by atoms with Crippen LogP contribution in [0.15, 0.2) is 35.6 Å². The first kappa shape index (κ1) is 18.4. The summed E-state index contributed by atoms with van der Waals surface area (Å²) >= 11 is 0. The number of guanidine groups is 1. The Bertz CT molecular complexity index is 738. The van der Waals surface area contributed by atoms with E-state index in [1.807, 2.05) is 43.3 Å². The maximum atomic E-state index is 11.7. The van der Waals surface area contributed by atoms with Gasteiger partial charge >= 0.3 is 0 Å². The molecule has 0 aliphatic carbocycles. The molecule has 0 atom stereocenters. The van der Waals surface area contributed by atoms with E-state index in [0.717, 1.165) is 23.8 Å². The molecule has 0 radical (unpaired) electrons. The van der Waals surface area contributed by atoms with Crippen LogP contribution in [0.25, 0.3) is 0 Å². The molecule has 2 rings (SSSR count). The van der Waals surface area contributed by atoms with Gasteiger partial charge in [-0.2, -0.15) is 5.10 Å². The van der Waals surface area contributed by atoms with Crippen molar-refractivity contribution in [1.82, 2.24) is 30.3 Å². The van der Waals surface area contributed by atoms with Crippen molar-refractivity contribution in [3.05, 3.63) is 47.5 Å². The number of aromatic nitrogens is 3. The Morgan fingerprint density at radius 1 is 1.40 bits per heavy atom. The van der Waals surface area contributed by atoms with Gasteiger partial charge in [-0.05, 0) is 24.1 Å². The minimum absolute atomic E-state index is 0.0750. The van der Waals surface area contributed by atoms with Crippen LogP contribution in [0, 0.1) is 0 Å². The van der Waals surface area contributed by atoms with E-state index >= 15 is 0 Å². The van der Waals surface area contributed by atoms with Gasteiger partial charge in [0, 0.05) is 40.3 Å². The van der Waals surface area contributed by atoms with Gasteiger partial charge in [-0.25, -0.2) is 4.98 Å². The molecule has 0 bridgehead atoms. The molecule has 0 unspecified atom stereocenters. The van der Waals surface area contributed by atoms with Crippen LogP contribution < -0.4 is 10.6 Å². The molecule has 134 valence electrons. The first-order valence-electron chi connectivity index (χ1n) is 8.10. The molecule has 2 N–H and O–H groups in total. The number of carbonyl (C=O) groups is 1. The molecule has 0 saturated heterocycles. The van der Waals surface area contributed by atoms with Crippen LogP contribution in [0.3, 0.4) is 0 Å². The molecule has 0 aliphatic rings. The van der Waals surface area contributed by atoms with Gasteiger partial charge in [0.1, 0.15) is 12.2 Å². The summed E-state index contributed by atoms with van der Waals surface area (Å²) in [6.07, 6.45) is 2.33. The molecule has 8 heteroatoms. The molecule has 0 spiro atoms. The van der Waals surface area contributed by atoms with Crippen molar-refractivity contribution in [2.75, 3.05) is 27.7 Å². The summed E-state index contributed by atoms with van der Waals surface area (Å²) in [6.45, 7) is 1.33. The highest BCUT2D eigenvalue weighted by molar-refractivity contribution is 5.94. The van der Waals surface area contributed by atoms with E-state index in [1.54, 1.807) is 25.1 Å². The molecule has 1 heterocycles. The van der Waals surface area contributed by atoms with Crippen LogP contribution in [0.1, 0.15) is 21.7 Å². The largest absolute Gasteiger partial charge is 0.356 e. The number of nitrogens with zero attached hydrogens (tertiary/aromatic N) is 5. The molecule has 1 amide bonds. The zero-order valence-electron chi connectivity index (χ0n) is 15.2. The summed E-state index contributed by atoms with van der Waals surface area (Å²) in [5, 5.41) is 10.0. The fourth-order valence-corrected chi connectivity index (χ4v) is 2.47. The molecule has 8 nitrogen and oxygen atoms in total. The number of hydrogen-bond donors (Lipinski definition) is 2. The van der Waals surface area contributed by atoms with E-state index in [1.165, 1.54) is 0 Å². The topological polar surface area (TPSA) is 87.4 Å².